The molecule has 0 radical (unpaired) electrons. The first-order valence-electron chi connectivity index (χ1n) is 6.81. The van der Waals surface area contributed by atoms with Gasteiger partial charge < -0.3 is 4.90 Å². The molecule has 94 valence electrons. The first-order chi connectivity index (χ1) is 8.75. The second-order valence-corrected chi connectivity index (χ2v) is 5.41. The Balaban J connectivity index is 1.86. The fourth-order valence-corrected chi connectivity index (χ4v) is 3.13. The van der Waals surface area contributed by atoms with E-state index in [0.29, 0.717) is 5.78 Å². The first-order valence-corrected chi connectivity index (χ1v) is 6.81. The summed E-state index contributed by atoms with van der Waals surface area (Å²) in [5, 5.41) is 0. The number of carbonyl (C=O) groups excluding carboxylic acids is 1. The van der Waals surface area contributed by atoms with Crippen LogP contribution in [0.4, 0.5) is 0 Å². The van der Waals surface area contributed by atoms with Crippen molar-refractivity contribution in [3.8, 4) is 0 Å². The maximum absolute atomic E-state index is 12.1. The molecule has 1 aromatic carbocycles. The number of benzene rings is 1. The molecule has 0 saturated carbocycles. The molecule has 2 aliphatic rings. The second-order valence-electron chi connectivity index (χ2n) is 5.41. The van der Waals surface area contributed by atoms with Crippen LogP contribution in [0.25, 0.3) is 0 Å². The Hall–Kier alpha value is -1.57. The van der Waals surface area contributed by atoms with Crippen LogP contribution in [0.15, 0.2) is 41.6 Å². The highest BCUT2D eigenvalue weighted by Gasteiger charge is 2.33. The van der Waals surface area contributed by atoms with Gasteiger partial charge in [-0.15, -0.1) is 0 Å². The molecule has 0 bridgehead atoms. The van der Waals surface area contributed by atoms with Crippen molar-refractivity contribution in [2.45, 2.75) is 32.7 Å². The Kier molecular flexibility index (Phi) is 2.94. The molecule has 1 heterocycles. The molecular formula is C16H19NO. The summed E-state index contributed by atoms with van der Waals surface area (Å²) < 4.78 is 0. The Labute approximate surface area is 108 Å². The van der Waals surface area contributed by atoms with Crippen molar-refractivity contribution in [2.24, 2.45) is 5.92 Å². The first kappa shape index (κ1) is 11.5. The van der Waals surface area contributed by atoms with E-state index in [2.05, 4.69) is 36.1 Å². The molecule has 1 aromatic rings. The monoisotopic (exact) mass is 241 g/mol. The summed E-state index contributed by atoms with van der Waals surface area (Å²) in [5.41, 5.74) is 3.77. The van der Waals surface area contributed by atoms with E-state index in [1.165, 1.54) is 11.3 Å². The SMILES string of the molecule is CC1CN(Cc2ccccc2)C2=C(CCC2)C1=O. The van der Waals surface area contributed by atoms with Crippen LogP contribution in [-0.2, 0) is 11.3 Å². The van der Waals surface area contributed by atoms with Crippen LogP contribution in [0, 0.1) is 5.92 Å². The quantitative estimate of drug-likeness (QED) is 0.792. The van der Waals surface area contributed by atoms with Crippen molar-refractivity contribution >= 4 is 5.78 Å². The number of nitrogens with zero attached hydrogens (tertiary/aromatic N) is 1. The number of Topliss-reactive ketones (excluding diaryl/α,β-unsaturated/α-hetero) is 1. The third-order valence-corrected chi connectivity index (χ3v) is 4.03. The summed E-state index contributed by atoms with van der Waals surface area (Å²) in [6, 6.07) is 10.5. The molecule has 1 atom stereocenters. The molecule has 1 aliphatic heterocycles. The van der Waals surface area contributed by atoms with E-state index in [9.17, 15) is 4.79 Å². The zero-order valence-corrected chi connectivity index (χ0v) is 10.9. The van der Waals surface area contributed by atoms with Gasteiger partial charge in [0.1, 0.15) is 0 Å². The van der Waals surface area contributed by atoms with E-state index in [-0.39, 0.29) is 5.92 Å². The minimum Gasteiger partial charge on any atom is -0.369 e. The van der Waals surface area contributed by atoms with Gasteiger partial charge in [0.2, 0.25) is 0 Å². The van der Waals surface area contributed by atoms with Crippen LogP contribution >= 0.6 is 0 Å². The fraction of sp³-hybridized carbons (Fsp3) is 0.438. The normalized spacial score (nSPS) is 23.5. The van der Waals surface area contributed by atoms with Gasteiger partial charge in [0, 0.05) is 30.3 Å². The van der Waals surface area contributed by atoms with Crippen molar-refractivity contribution < 1.29 is 4.79 Å². The molecular weight excluding hydrogens is 222 g/mol. The summed E-state index contributed by atoms with van der Waals surface area (Å²) in [6.07, 6.45) is 3.22. The molecule has 0 saturated heterocycles. The van der Waals surface area contributed by atoms with Gasteiger partial charge in [-0.3, -0.25) is 4.79 Å². The number of rotatable bonds is 2. The van der Waals surface area contributed by atoms with Gasteiger partial charge in [-0.2, -0.15) is 0 Å². The molecule has 1 aliphatic carbocycles. The van der Waals surface area contributed by atoms with E-state index < -0.39 is 0 Å². The number of hydrogen-bond donors (Lipinski definition) is 0. The molecule has 2 nitrogen and oxygen atoms in total. The summed E-state index contributed by atoms with van der Waals surface area (Å²) in [7, 11) is 0. The molecule has 0 amide bonds. The molecule has 3 rings (SSSR count). The Morgan fingerprint density at radius 2 is 2.00 bits per heavy atom. The number of carbonyl (C=O) groups is 1. The van der Waals surface area contributed by atoms with Gasteiger partial charge in [0.05, 0.1) is 0 Å². The van der Waals surface area contributed by atoms with Crippen molar-refractivity contribution in [1.29, 1.82) is 0 Å². The Morgan fingerprint density at radius 3 is 2.78 bits per heavy atom. The van der Waals surface area contributed by atoms with E-state index in [1.54, 1.807) is 0 Å². The van der Waals surface area contributed by atoms with Crippen molar-refractivity contribution in [3.63, 3.8) is 0 Å². The highest BCUT2D eigenvalue weighted by Crippen LogP contribution is 2.36. The lowest BCUT2D eigenvalue weighted by molar-refractivity contribution is -0.120. The minimum absolute atomic E-state index is 0.158. The van der Waals surface area contributed by atoms with Crippen molar-refractivity contribution in [3.05, 3.63) is 47.2 Å². The topological polar surface area (TPSA) is 20.3 Å². The second kappa shape index (κ2) is 4.60. The van der Waals surface area contributed by atoms with E-state index in [0.717, 1.165) is 37.9 Å². The third kappa shape index (κ3) is 1.96. The Morgan fingerprint density at radius 1 is 1.22 bits per heavy atom. The van der Waals surface area contributed by atoms with Gasteiger partial charge in [-0.1, -0.05) is 37.3 Å². The lowest BCUT2D eigenvalue weighted by atomic mass is 9.93. The van der Waals surface area contributed by atoms with Crippen LogP contribution in [0.2, 0.25) is 0 Å². The molecule has 0 N–H and O–H groups in total. The number of hydrogen-bond acceptors (Lipinski definition) is 2. The van der Waals surface area contributed by atoms with E-state index in [1.807, 2.05) is 6.07 Å². The van der Waals surface area contributed by atoms with Gasteiger partial charge in [-0.25, -0.2) is 0 Å². The summed E-state index contributed by atoms with van der Waals surface area (Å²) >= 11 is 0. The highest BCUT2D eigenvalue weighted by atomic mass is 16.1. The minimum atomic E-state index is 0.158. The summed E-state index contributed by atoms with van der Waals surface area (Å²) in [6.45, 7) is 3.88. The third-order valence-electron chi connectivity index (χ3n) is 4.03. The average Bonchev–Trinajstić information content (AvgIpc) is 2.86. The van der Waals surface area contributed by atoms with E-state index >= 15 is 0 Å². The maximum atomic E-state index is 12.1. The lowest BCUT2D eigenvalue weighted by Gasteiger charge is -2.34. The zero-order chi connectivity index (χ0) is 12.5. The van der Waals surface area contributed by atoms with Crippen molar-refractivity contribution in [1.82, 2.24) is 4.90 Å². The van der Waals surface area contributed by atoms with Crippen LogP contribution in [0.3, 0.4) is 0 Å². The predicted octanol–water partition coefficient (Wildman–Crippen LogP) is 3.15. The largest absolute Gasteiger partial charge is 0.369 e. The highest BCUT2D eigenvalue weighted by molar-refractivity contribution is 5.99. The maximum Gasteiger partial charge on any atom is 0.165 e. The van der Waals surface area contributed by atoms with Gasteiger partial charge >= 0.3 is 0 Å². The fourth-order valence-electron chi connectivity index (χ4n) is 3.13. The predicted molar refractivity (Wildman–Crippen MR) is 71.9 cm³/mol. The summed E-state index contributed by atoms with van der Waals surface area (Å²) in [5.74, 6) is 0.553. The Bertz CT molecular complexity index is 489. The van der Waals surface area contributed by atoms with Crippen LogP contribution in [0.1, 0.15) is 31.7 Å². The van der Waals surface area contributed by atoms with Crippen LogP contribution in [-0.4, -0.2) is 17.2 Å². The molecule has 0 aromatic heterocycles. The summed E-state index contributed by atoms with van der Waals surface area (Å²) in [4.78, 5) is 14.5. The van der Waals surface area contributed by atoms with Crippen molar-refractivity contribution in [2.75, 3.05) is 6.54 Å². The molecule has 1 unspecified atom stereocenters. The molecule has 0 fully saturated rings. The smallest absolute Gasteiger partial charge is 0.165 e. The standard InChI is InChI=1S/C16H19NO/c1-12-10-17(11-13-6-3-2-4-7-13)15-9-5-8-14(15)16(12)18/h2-4,6-7,12H,5,8-11H2,1H3. The van der Waals surface area contributed by atoms with Crippen LogP contribution < -0.4 is 0 Å². The van der Waals surface area contributed by atoms with E-state index in [4.69, 9.17) is 0 Å². The van der Waals surface area contributed by atoms with Gasteiger partial charge in [-0.05, 0) is 24.8 Å². The number of ketones is 1. The molecule has 2 heteroatoms. The lowest BCUT2D eigenvalue weighted by Crippen LogP contribution is -2.36. The van der Waals surface area contributed by atoms with Gasteiger partial charge in [0.15, 0.2) is 5.78 Å². The molecule has 18 heavy (non-hydrogen) atoms. The van der Waals surface area contributed by atoms with Crippen LogP contribution in [0.5, 0.6) is 0 Å². The average molecular weight is 241 g/mol. The number of allylic oxidation sites excluding steroid dienone is 2. The molecule has 0 spiro atoms. The van der Waals surface area contributed by atoms with Gasteiger partial charge in [0.25, 0.3) is 0 Å². The zero-order valence-electron chi connectivity index (χ0n) is 10.9.